The molecule has 0 atom stereocenters. The fourth-order valence-electron chi connectivity index (χ4n) is 0.865. The van der Waals surface area contributed by atoms with Crippen LogP contribution in [0, 0.1) is 0 Å². The first kappa shape index (κ1) is 8.81. The Bertz CT molecular complexity index is 300. The normalized spacial score (nSPS) is 10.4. The molecule has 0 saturated heterocycles. The van der Waals surface area contributed by atoms with E-state index >= 15 is 0 Å². The summed E-state index contributed by atoms with van der Waals surface area (Å²) in [7, 11) is 0. The fourth-order valence-corrected chi connectivity index (χ4v) is 1.11. The fraction of sp³-hybridized carbons (Fsp3) is 0. The number of carbonyl (C=O) groups is 1. The maximum atomic E-state index is 10.0. The van der Waals surface area contributed by atoms with Crippen LogP contribution in [0.3, 0.4) is 0 Å². The Morgan fingerprint density at radius 1 is 1.42 bits per heavy atom. The third kappa shape index (κ3) is 1.86. The largest absolute Gasteiger partial charge is 0.398 e. The van der Waals surface area contributed by atoms with Crippen molar-refractivity contribution in [3.63, 3.8) is 0 Å². The minimum atomic E-state index is 0.549. The van der Waals surface area contributed by atoms with Crippen LogP contribution in [0.15, 0.2) is 24.3 Å². The summed E-state index contributed by atoms with van der Waals surface area (Å²) >= 11 is 5.82. The number of carbonyl (C=O) groups excluding carboxylic acids is 1. The van der Waals surface area contributed by atoms with Gasteiger partial charge in [0.05, 0.1) is 0 Å². The molecule has 1 aromatic carbocycles. The van der Waals surface area contributed by atoms with Crippen LogP contribution in [0.25, 0.3) is 6.08 Å². The van der Waals surface area contributed by atoms with Gasteiger partial charge in [-0.1, -0.05) is 17.7 Å². The molecule has 1 aromatic rings. The van der Waals surface area contributed by atoms with Gasteiger partial charge >= 0.3 is 0 Å². The van der Waals surface area contributed by atoms with Gasteiger partial charge in [-0.05, 0) is 24.3 Å². The van der Waals surface area contributed by atoms with Gasteiger partial charge in [-0.3, -0.25) is 4.79 Å². The number of nitrogen functional groups attached to an aromatic ring is 1. The smallest absolute Gasteiger partial charge is 0.142 e. The summed E-state index contributed by atoms with van der Waals surface area (Å²) in [6.07, 6.45) is 3.63. The number of anilines is 1. The van der Waals surface area contributed by atoms with Gasteiger partial charge in [0.2, 0.25) is 0 Å². The molecule has 1 rings (SSSR count). The third-order valence-corrected chi connectivity index (χ3v) is 1.76. The maximum Gasteiger partial charge on any atom is 0.142 e. The van der Waals surface area contributed by atoms with Gasteiger partial charge in [0.25, 0.3) is 0 Å². The number of benzene rings is 1. The Kier molecular flexibility index (Phi) is 2.88. The summed E-state index contributed by atoms with van der Waals surface area (Å²) in [5.74, 6) is 0. The molecule has 12 heavy (non-hydrogen) atoms. The molecule has 0 radical (unpaired) electrons. The molecule has 0 bridgehead atoms. The van der Waals surface area contributed by atoms with Gasteiger partial charge in [0, 0.05) is 16.3 Å². The van der Waals surface area contributed by atoms with E-state index in [1.165, 1.54) is 6.08 Å². The molecule has 0 fully saturated rings. The van der Waals surface area contributed by atoms with Crippen molar-refractivity contribution in [1.82, 2.24) is 0 Å². The Morgan fingerprint density at radius 3 is 2.75 bits per heavy atom. The van der Waals surface area contributed by atoms with Gasteiger partial charge in [-0.2, -0.15) is 0 Å². The van der Waals surface area contributed by atoms with E-state index in [1.54, 1.807) is 24.3 Å². The molecule has 0 amide bonds. The lowest BCUT2D eigenvalue weighted by molar-refractivity contribution is -0.104. The van der Waals surface area contributed by atoms with Gasteiger partial charge in [-0.15, -0.1) is 0 Å². The first-order chi connectivity index (χ1) is 5.75. The number of allylic oxidation sites excluding steroid dienone is 1. The predicted molar refractivity (Wildman–Crippen MR) is 51.0 cm³/mol. The Balaban J connectivity index is 3.12. The molecule has 0 aliphatic heterocycles. The van der Waals surface area contributed by atoms with Gasteiger partial charge < -0.3 is 5.73 Å². The molecule has 0 spiro atoms. The lowest BCUT2D eigenvalue weighted by Crippen LogP contribution is -1.89. The van der Waals surface area contributed by atoms with Gasteiger partial charge in [-0.25, -0.2) is 0 Å². The Morgan fingerprint density at radius 2 is 2.17 bits per heavy atom. The maximum absolute atomic E-state index is 10.0. The minimum Gasteiger partial charge on any atom is -0.398 e. The predicted octanol–water partition coefficient (Wildman–Crippen LogP) is 2.13. The average molecular weight is 182 g/mol. The van der Waals surface area contributed by atoms with Crippen LogP contribution in [0.4, 0.5) is 5.69 Å². The van der Waals surface area contributed by atoms with Gasteiger partial charge in [0.15, 0.2) is 0 Å². The summed E-state index contributed by atoms with van der Waals surface area (Å²) in [5, 5.41) is 0.549. The zero-order chi connectivity index (χ0) is 8.97. The van der Waals surface area contributed by atoms with E-state index in [4.69, 9.17) is 17.3 Å². The highest BCUT2D eigenvalue weighted by Gasteiger charge is 1.98. The van der Waals surface area contributed by atoms with Crippen molar-refractivity contribution >= 4 is 29.7 Å². The van der Waals surface area contributed by atoms with Crippen molar-refractivity contribution in [3.05, 3.63) is 34.9 Å². The quantitative estimate of drug-likeness (QED) is 0.432. The molecule has 62 valence electrons. The number of rotatable bonds is 2. The summed E-state index contributed by atoms with van der Waals surface area (Å²) in [6, 6.07) is 5.22. The molecule has 2 nitrogen and oxygen atoms in total. The third-order valence-electron chi connectivity index (χ3n) is 1.43. The van der Waals surface area contributed by atoms with E-state index in [-0.39, 0.29) is 0 Å². The number of hydrogen-bond donors (Lipinski definition) is 1. The lowest BCUT2D eigenvalue weighted by atomic mass is 10.1. The van der Waals surface area contributed by atoms with Crippen molar-refractivity contribution in [2.45, 2.75) is 0 Å². The molecule has 0 aliphatic carbocycles. The van der Waals surface area contributed by atoms with Crippen molar-refractivity contribution in [1.29, 1.82) is 0 Å². The topological polar surface area (TPSA) is 43.1 Å². The first-order valence-corrected chi connectivity index (χ1v) is 3.79. The number of nitrogens with two attached hydrogens (primary N) is 1. The number of halogens is 1. The van der Waals surface area contributed by atoms with Crippen LogP contribution >= 0.6 is 11.6 Å². The summed E-state index contributed by atoms with van der Waals surface area (Å²) in [5.41, 5.74) is 6.87. The van der Waals surface area contributed by atoms with Crippen molar-refractivity contribution in [3.8, 4) is 0 Å². The molecular weight excluding hydrogens is 174 g/mol. The zero-order valence-corrected chi connectivity index (χ0v) is 7.08. The molecule has 2 N–H and O–H groups in total. The van der Waals surface area contributed by atoms with E-state index in [0.717, 1.165) is 0 Å². The molecule has 0 aromatic heterocycles. The second-order valence-electron chi connectivity index (χ2n) is 2.24. The van der Waals surface area contributed by atoms with Crippen molar-refractivity contribution in [2.24, 2.45) is 0 Å². The van der Waals surface area contributed by atoms with Crippen LogP contribution in [0.2, 0.25) is 5.02 Å². The molecule has 0 heterocycles. The summed E-state index contributed by atoms with van der Waals surface area (Å²) < 4.78 is 0. The van der Waals surface area contributed by atoms with E-state index in [9.17, 15) is 4.79 Å². The molecular formula is C9H8ClNO. The van der Waals surface area contributed by atoms with Crippen molar-refractivity contribution < 1.29 is 4.79 Å². The van der Waals surface area contributed by atoms with Crippen LogP contribution < -0.4 is 5.73 Å². The van der Waals surface area contributed by atoms with E-state index in [0.29, 0.717) is 22.6 Å². The van der Waals surface area contributed by atoms with Crippen LogP contribution in [-0.4, -0.2) is 6.29 Å². The van der Waals surface area contributed by atoms with Gasteiger partial charge in [0.1, 0.15) is 6.29 Å². The first-order valence-electron chi connectivity index (χ1n) is 3.41. The van der Waals surface area contributed by atoms with Crippen LogP contribution in [0.5, 0.6) is 0 Å². The lowest BCUT2D eigenvalue weighted by Gasteiger charge is -2.00. The minimum absolute atomic E-state index is 0.549. The summed E-state index contributed by atoms with van der Waals surface area (Å²) in [4.78, 5) is 10.0. The highest BCUT2D eigenvalue weighted by Crippen LogP contribution is 2.22. The second-order valence-corrected chi connectivity index (χ2v) is 2.65. The highest BCUT2D eigenvalue weighted by molar-refractivity contribution is 6.32. The van der Waals surface area contributed by atoms with Crippen LogP contribution in [-0.2, 0) is 4.79 Å². The average Bonchev–Trinajstić information content (AvgIpc) is 2.04. The molecule has 0 saturated carbocycles. The van der Waals surface area contributed by atoms with E-state index in [2.05, 4.69) is 0 Å². The van der Waals surface area contributed by atoms with E-state index < -0.39 is 0 Å². The highest BCUT2D eigenvalue weighted by atomic mass is 35.5. The standard InChI is InChI=1S/C9H8ClNO/c10-8-4-1-5-9(11)7(8)3-2-6-12/h1-6H,11H2. The molecule has 3 heteroatoms. The van der Waals surface area contributed by atoms with E-state index in [1.807, 2.05) is 0 Å². The number of aldehydes is 1. The SMILES string of the molecule is Nc1cccc(Cl)c1C=CC=O. The summed E-state index contributed by atoms with van der Waals surface area (Å²) in [6.45, 7) is 0. The van der Waals surface area contributed by atoms with Crippen molar-refractivity contribution in [2.75, 3.05) is 5.73 Å². The molecule has 0 aliphatic rings. The van der Waals surface area contributed by atoms with Crippen LogP contribution in [0.1, 0.15) is 5.56 Å². The second kappa shape index (κ2) is 3.93. The Labute approximate surface area is 75.6 Å². The molecule has 0 unspecified atom stereocenters. The number of hydrogen-bond acceptors (Lipinski definition) is 2. The monoisotopic (exact) mass is 181 g/mol. The zero-order valence-electron chi connectivity index (χ0n) is 6.33. The Hall–Kier alpha value is -1.28.